The third-order valence-corrected chi connectivity index (χ3v) is 4.11. The van der Waals surface area contributed by atoms with Crippen LogP contribution in [-0.4, -0.2) is 36.0 Å². The minimum absolute atomic E-state index is 0. The van der Waals surface area contributed by atoms with E-state index in [1.54, 1.807) is 0 Å². The number of carbonyl (C=O) groups excluding carboxylic acids is 1. The summed E-state index contributed by atoms with van der Waals surface area (Å²) in [7, 11) is 0. The third-order valence-electron chi connectivity index (χ3n) is 3.80. The van der Waals surface area contributed by atoms with E-state index < -0.39 is 0 Å². The molecule has 1 atom stereocenters. The number of para-hydroxylation sites is 1. The fraction of sp³-hybridized carbons (Fsp3) is 0.562. The highest BCUT2D eigenvalue weighted by Gasteiger charge is 2.26. The number of halogens is 2. The van der Waals surface area contributed by atoms with Gasteiger partial charge in [-0.2, -0.15) is 0 Å². The van der Waals surface area contributed by atoms with Gasteiger partial charge in [-0.25, -0.2) is 0 Å². The number of ether oxygens (including phenoxy) is 1. The minimum Gasteiger partial charge on any atom is -0.489 e. The van der Waals surface area contributed by atoms with Gasteiger partial charge in [-0.05, 0) is 18.6 Å². The molecule has 0 aliphatic carbocycles. The fourth-order valence-corrected chi connectivity index (χ4v) is 2.76. The van der Waals surface area contributed by atoms with Gasteiger partial charge < -0.3 is 15.4 Å². The van der Waals surface area contributed by atoms with Crippen molar-refractivity contribution in [2.75, 3.05) is 13.1 Å². The van der Waals surface area contributed by atoms with Crippen molar-refractivity contribution >= 4 is 29.9 Å². The Morgan fingerprint density at radius 2 is 2.05 bits per heavy atom. The lowest BCUT2D eigenvalue weighted by Crippen LogP contribution is -2.48. The quantitative estimate of drug-likeness (QED) is 0.890. The number of hydrogen-bond acceptors (Lipinski definition) is 3. The molecule has 0 spiro atoms. The van der Waals surface area contributed by atoms with Crippen LogP contribution in [0.25, 0.3) is 0 Å². The number of carbonyl (C=O) groups is 1. The Morgan fingerprint density at radius 1 is 1.41 bits per heavy atom. The highest BCUT2D eigenvalue weighted by molar-refractivity contribution is 6.32. The number of nitrogens with two attached hydrogens (primary N) is 1. The number of benzene rings is 1. The van der Waals surface area contributed by atoms with Crippen LogP contribution in [-0.2, 0) is 4.79 Å². The van der Waals surface area contributed by atoms with E-state index in [4.69, 9.17) is 22.1 Å². The number of likely N-dealkylation sites (tertiary alicyclic amines) is 1. The zero-order valence-electron chi connectivity index (χ0n) is 12.8. The van der Waals surface area contributed by atoms with Crippen molar-refractivity contribution in [1.29, 1.82) is 0 Å². The van der Waals surface area contributed by atoms with Crippen molar-refractivity contribution in [3.05, 3.63) is 29.3 Å². The molecule has 1 heterocycles. The summed E-state index contributed by atoms with van der Waals surface area (Å²) in [6.45, 7) is 3.44. The van der Waals surface area contributed by atoms with Crippen molar-refractivity contribution in [1.82, 2.24) is 4.90 Å². The van der Waals surface area contributed by atoms with Crippen molar-refractivity contribution in [2.24, 2.45) is 5.73 Å². The molecule has 1 amide bonds. The van der Waals surface area contributed by atoms with Crippen LogP contribution in [0.5, 0.6) is 5.75 Å². The molecule has 1 aromatic rings. The van der Waals surface area contributed by atoms with Crippen LogP contribution in [0.15, 0.2) is 24.3 Å². The first kappa shape index (κ1) is 19.1. The first-order valence-electron chi connectivity index (χ1n) is 7.57. The van der Waals surface area contributed by atoms with Gasteiger partial charge in [0.05, 0.1) is 11.1 Å². The average Bonchev–Trinajstić information content (AvgIpc) is 2.50. The van der Waals surface area contributed by atoms with Crippen molar-refractivity contribution in [3.63, 3.8) is 0 Å². The Kier molecular flexibility index (Phi) is 8.01. The summed E-state index contributed by atoms with van der Waals surface area (Å²) < 4.78 is 5.92. The van der Waals surface area contributed by atoms with E-state index in [9.17, 15) is 4.79 Å². The van der Waals surface area contributed by atoms with Crippen LogP contribution in [0, 0.1) is 0 Å². The smallest absolute Gasteiger partial charge is 0.239 e. The van der Waals surface area contributed by atoms with Gasteiger partial charge in [-0.15, -0.1) is 12.4 Å². The normalized spacial score (nSPS) is 16.8. The van der Waals surface area contributed by atoms with E-state index in [1.165, 1.54) is 0 Å². The molecule has 6 heteroatoms. The summed E-state index contributed by atoms with van der Waals surface area (Å²) in [5.74, 6) is 0.777. The van der Waals surface area contributed by atoms with Gasteiger partial charge in [0.15, 0.2) is 0 Å². The molecular weight excluding hydrogens is 323 g/mol. The molecule has 4 nitrogen and oxygen atoms in total. The predicted octanol–water partition coefficient (Wildman–Crippen LogP) is 3.26. The van der Waals surface area contributed by atoms with Crippen LogP contribution >= 0.6 is 24.0 Å². The second-order valence-electron chi connectivity index (χ2n) is 5.47. The van der Waals surface area contributed by atoms with Crippen LogP contribution in [0.2, 0.25) is 5.02 Å². The second kappa shape index (κ2) is 9.23. The molecular formula is C16H24Cl2N2O2. The van der Waals surface area contributed by atoms with Crippen LogP contribution < -0.4 is 10.5 Å². The van der Waals surface area contributed by atoms with E-state index in [-0.39, 0.29) is 30.5 Å². The maximum absolute atomic E-state index is 12.1. The van der Waals surface area contributed by atoms with E-state index in [0.29, 0.717) is 23.9 Å². The van der Waals surface area contributed by atoms with Gasteiger partial charge in [0.1, 0.15) is 11.9 Å². The maximum atomic E-state index is 12.1. The number of hydrogen-bond donors (Lipinski definition) is 1. The Balaban J connectivity index is 0.00000242. The van der Waals surface area contributed by atoms with E-state index in [0.717, 1.165) is 25.7 Å². The van der Waals surface area contributed by atoms with Gasteiger partial charge in [-0.3, -0.25) is 4.79 Å². The highest BCUT2D eigenvalue weighted by Crippen LogP contribution is 2.26. The monoisotopic (exact) mass is 346 g/mol. The molecule has 1 saturated heterocycles. The Bertz CT molecular complexity index is 477. The van der Waals surface area contributed by atoms with Gasteiger partial charge in [0, 0.05) is 25.9 Å². The predicted molar refractivity (Wildman–Crippen MR) is 91.8 cm³/mol. The fourth-order valence-electron chi connectivity index (χ4n) is 2.58. The van der Waals surface area contributed by atoms with Gasteiger partial charge in [-0.1, -0.05) is 37.1 Å². The Hall–Kier alpha value is -0.970. The van der Waals surface area contributed by atoms with E-state index in [1.807, 2.05) is 36.1 Å². The third kappa shape index (κ3) is 5.04. The van der Waals surface area contributed by atoms with Crippen molar-refractivity contribution in [2.45, 2.75) is 44.8 Å². The summed E-state index contributed by atoms with van der Waals surface area (Å²) >= 11 is 6.09. The Labute approximate surface area is 143 Å². The number of nitrogens with zero attached hydrogens (tertiary/aromatic N) is 1. The summed E-state index contributed by atoms with van der Waals surface area (Å²) in [5.41, 5.74) is 5.90. The number of piperidine rings is 1. The topological polar surface area (TPSA) is 55.6 Å². The lowest BCUT2D eigenvalue weighted by molar-refractivity contribution is -0.134. The largest absolute Gasteiger partial charge is 0.489 e. The molecule has 2 N–H and O–H groups in total. The molecule has 22 heavy (non-hydrogen) atoms. The summed E-state index contributed by atoms with van der Waals surface area (Å²) in [6, 6.07) is 7.11. The molecule has 0 aromatic heterocycles. The first-order chi connectivity index (χ1) is 10.1. The lowest BCUT2D eigenvalue weighted by Gasteiger charge is -2.33. The van der Waals surface area contributed by atoms with Crippen molar-refractivity contribution < 1.29 is 9.53 Å². The highest BCUT2D eigenvalue weighted by atomic mass is 35.5. The molecule has 1 aliphatic heterocycles. The summed E-state index contributed by atoms with van der Waals surface area (Å²) in [6.07, 6.45) is 3.41. The van der Waals surface area contributed by atoms with Crippen LogP contribution in [0.1, 0.15) is 32.6 Å². The number of amides is 1. The average molecular weight is 347 g/mol. The maximum Gasteiger partial charge on any atom is 0.239 e. The Morgan fingerprint density at radius 3 is 2.64 bits per heavy atom. The summed E-state index contributed by atoms with van der Waals surface area (Å²) in [5, 5.41) is 0.626. The molecule has 0 bridgehead atoms. The standard InChI is InChI=1S/C16H23ClN2O2.ClH/c1-2-5-14(18)16(20)19-10-8-12(9-11-19)21-15-7-4-3-6-13(15)17;/h3-4,6-7,12,14H,2,5,8-11,18H2,1H3;1H. The lowest BCUT2D eigenvalue weighted by atomic mass is 10.1. The molecule has 1 unspecified atom stereocenters. The van der Waals surface area contributed by atoms with Crippen molar-refractivity contribution in [3.8, 4) is 5.75 Å². The SMILES string of the molecule is CCCC(N)C(=O)N1CCC(Oc2ccccc2Cl)CC1.Cl. The van der Waals surface area contributed by atoms with E-state index in [2.05, 4.69) is 0 Å². The number of rotatable bonds is 5. The molecule has 1 fully saturated rings. The van der Waals surface area contributed by atoms with Crippen LogP contribution in [0.3, 0.4) is 0 Å². The molecule has 0 saturated carbocycles. The van der Waals surface area contributed by atoms with Gasteiger partial charge >= 0.3 is 0 Å². The molecule has 2 rings (SSSR count). The van der Waals surface area contributed by atoms with Gasteiger partial charge in [0.2, 0.25) is 5.91 Å². The van der Waals surface area contributed by atoms with Gasteiger partial charge in [0.25, 0.3) is 0 Å². The zero-order valence-corrected chi connectivity index (χ0v) is 14.4. The molecule has 1 aromatic carbocycles. The molecule has 1 aliphatic rings. The second-order valence-corrected chi connectivity index (χ2v) is 5.88. The molecule has 0 radical (unpaired) electrons. The summed E-state index contributed by atoms with van der Waals surface area (Å²) in [4.78, 5) is 14.0. The first-order valence-corrected chi connectivity index (χ1v) is 7.95. The van der Waals surface area contributed by atoms with Crippen LogP contribution in [0.4, 0.5) is 0 Å². The minimum atomic E-state index is -0.365. The molecule has 124 valence electrons. The van der Waals surface area contributed by atoms with E-state index >= 15 is 0 Å². The zero-order chi connectivity index (χ0) is 15.2.